The maximum Gasteiger partial charge on any atom is 0.303 e. The van der Waals surface area contributed by atoms with E-state index >= 15 is 0 Å². The summed E-state index contributed by atoms with van der Waals surface area (Å²) in [5.41, 5.74) is 4.51. The molecule has 0 amide bonds. The summed E-state index contributed by atoms with van der Waals surface area (Å²) < 4.78 is 16.7. The topological polar surface area (TPSA) is 77.9 Å². The number of nitrogens with zero attached hydrogens (tertiary/aromatic N) is 1. The Bertz CT molecular complexity index is 812. The Balaban J connectivity index is 1.62. The van der Waals surface area contributed by atoms with Crippen molar-refractivity contribution < 1.29 is 24.1 Å². The number of carboxylic acids is 1. The van der Waals surface area contributed by atoms with Crippen LogP contribution in [0.3, 0.4) is 0 Å². The molecule has 0 saturated heterocycles. The minimum absolute atomic E-state index is 0.190. The first-order valence-corrected chi connectivity index (χ1v) is 9.38. The molecule has 1 aliphatic heterocycles. The second-order valence-electron chi connectivity index (χ2n) is 6.65. The van der Waals surface area contributed by atoms with Crippen molar-refractivity contribution in [2.75, 3.05) is 26.9 Å². The zero-order chi connectivity index (χ0) is 19.8. The summed E-state index contributed by atoms with van der Waals surface area (Å²) in [6, 6.07) is 11.7. The number of methoxy groups -OCH3 is 1. The summed E-state index contributed by atoms with van der Waals surface area (Å²) in [4.78, 5) is 14.9. The zero-order valence-corrected chi connectivity index (χ0v) is 16.0. The Labute approximate surface area is 164 Å². The van der Waals surface area contributed by atoms with E-state index < -0.39 is 5.97 Å². The predicted octanol–water partition coefficient (Wildman–Crippen LogP) is 3.75. The highest BCUT2D eigenvalue weighted by molar-refractivity contribution is 5.69. The summed E-state index contributed by atoms with van der Waals surface area (Å²) >= 11 is 0. The average Bonchev–Trinajstić information content (AvgIpc) is 2.73. The SMILES string of the molecule is COc1ccc(C2=C(COc3ccc(CCCC(=O)O)cc3)COCC2)cn1. The van der Waals surface area contributed by atoms with Crippen molar-refractivity contribution in [1.82, 2.24) is 4.98 Å². The van der Waals surface area contributed by atoms with Crippen molar-refractivity contribution in [3.63, 3.8) is 0 Å². The molecule has 0 bridgehead atoms. The highest BCUT2D eigenvalue weighted by atomic mass is 16.5. The molecule has 2 aromatic rings. The molecule has 0 radical (unpaired) electrons. The van der Waals surface area contributed by atoms with Crippen molar-refractivity contribution in [2.24, 2.45) is 0 Å². The lowest BCUT2D eigenvalue weighted by atomic mass is 9.97. The number of pyridine rings is 1. The number of hydrogen-bond acceptors (Lipinski definition) is 5. The van der Waals surface area contributed by atoms with Crippen LogP contribution in [-0.4, -0.2) is 43.0 Å². The number of benzene rings is 1. The van der Waals surface area contributed by atoms with Crippen LogP contribution in [0, 0.1) is 0 Å². The fourth-order valence-electron chi connectivity index (χ4n) is 3.16. The van der Waals surface area contributed by atoms with Gasteiger partial charge in [-0.2, -0.15) is 0 Å². The molecule has 1 aromatic heterocycles. The Morgan fingerprint density at radius 3 is 2.71 bits per heavy atom. The molecular weight excluding hydrogens is 358 g/mol. The van der Waals surface area contributed by atoms with Crippen LogP contribution in [0.4, 0.5) is 0 Å². The molecule has 0 spiro atoms. The van der Waals surface area contributed by atoms with E-state index in [-0.39, 0.29) is 6.42 Å². The van der Waals surface area contributed by atoms with Crippen molar-refractivity contribution >= 4 is 11.5 Å². The third-order valence-corrected chi connectivity index (χ3v) is 4.69. The zero-order valence-electron chi connectivity index (χ0n) is 16.0. The third kappa shape index (κ3) is 5.57. The summed E-state index contributed by atoms with van der Waals surface area (Å²) in [6.45, 7) is 1.70. The Morgan fingerprint density at radius 2 is 2.04 bits per heavy atom. The Morgan fingerprint density at radius 1 is 1.21 bits per heavy atom. The highest BCUT2D eigenvalue weighted by Gasteiger charge is 2.16. The maximum atomic E-state index is 10.6. The molecule has 0 fully saturated rings. The normalized spacial score (nSPS) is 14.0. The Kier molecular flexibility index (Phi) is 7.03. The van der Waals surface area contributed by atoms with E-state index in [0.717, 1.165) is 35.3 Å². The van der Waals surface area contributed by atoms with Crippen molar-refractivity contribution in [3.05, 3.63) is 59.3 Å². The number of aryl methyl sites for hydroxylation is 1. The maximum absolute atomic E-state index is 10.6. The van der Waals surface area contributed by atoms with Gasteiger partial charge in [0, 0.05) is 18.7 Å². The molecule has 1 aromatic carbocycles. The van der Waals surface area contributed by atoms with Crippen molar-refractivity contribution in [3.8, 4) is 11.6 Å². The first-order valence-electron chi connectivity index (χ1n) is 9.38. The number of carboxylic acid groups (broad SMARTS) is 1. The predicted molar refractivity (Wildman–Crippen MR) is 106 cm³/mol. The van der Waals surface area contributed by atoms with Crippen LogP contribution in [0.1, 0.15) is 30.4 Å². The molecule has 2 heterocycles. The molecular formula is C22H25NO5. The fraction of sp³-hybridized carbons (Fsp3) is 0.364. The quantitative estimate of drug-likeness (QED) is 0.711. The molecule has 0 atom stereocenters. The standard InChI is InChI=1S/C22H25NO5/c1-26-21-10-7-17(13-23-21)20-11-12-27-14-18(20)15-28-19-8-5-16(6-9-19)3-2-4-22(24)25/h5-10,13H,2-4,11-12,14-15H2,1H3,(H,24,25). The minimum Gasteiger partial charge on any atom is -0.489 e. The van der Waals surface area contributed by atoms with Gasteiger partial charge in [0.05, 0.1) is 20.3 Å². The van der Waals surface area contributed by atoms with Crippen molar-refractivity contribution in [2.45, 2.75) is 25.7 Å². The monoisotopic (exact) mass is 383 g/mol. The molecule has 1 N–H and O–H groups in total. The van der Waals surface area contributed by atoms with Gasteiger partial charge in [0.25, 0.3) is 0 Å². The van der Waals surface area contributed by atoms with Crippen LogP contribution in [0.2, 0.25) is 0 Å². The van der Waals surface area contributed by atoms with E-state index in [4.69, 9.17) is 19.3 Å². The van der Waals surface area contributed by atoms with Gasteiger partial charge in [0.2, 0.25) is 5.88 Å². The molecule has 0 saturated carbocycles. The lowest BCUT2D eigenvalue weighted by Gasteiger charge is -2.21. The van der Waals surface area contributed by atoms with Gasteiger partial charge in [-0.15, -0.1) is 0 Å². The molecule has 0 aliphatic carbocycles. The molecule has 0 unspecified atom stereocenters. The van der Waals surface area contributed by atoms with Gasteiger partial charge < -0.3 is 19.3 Å². The molecule has 6 heteroatoms. The van der Waals surface area contributed by atoms with Gasteiger partial charge in [-0.25, -0.2) is 4.98 Å². The number of rotatable bonds is 9. The van der Waals surface area contributed by atoms with Crippen LogP contribution in [0.15, 0.2) is 48.2 Å². The summed E-state index contributed by atoms with van der Waals surface area (Å²) in [7, 11) is 1.60. The van der Waals surface area contributed by atoms with E-state index in [0.29, 0.717) is 32.1 Å². The van der Waals surface area contributed by atoms with Gasteiger partial charge in [-0.1, -0.05) is 12.1 Å². The molecule has 6 nitrogen and oxygen atoms in total. The van der Waals surface area contributed by atoms with Crippen LogP contribution in [0.25, 0.3) is 5.57 Å². The largest absolute Gasteiger partial charge is 0.489 e. The van der Waals surface area contributed by atoms with E-state index in [1.165, 1.54) is 5.57 Å². The van der Waals surface area contributed by atoms with E-state index in [2.05, 4.69) is 4.98 Å². The van der Waals surface area contributed by atoms with E-state index in [1.807, 2.05) is 42.6 Å². The lowest BCUT2D eigenvalue weighted by molar-refractivity contribution is -0.137. The summed E-state index contributed by atoms with van der Waals surface area (Å²) in [6.07, 6.45) is 4.23. The lowest BCUT2D eigenvalue weighted by Crippen LogP contribution is -2.16. The molecule has 3 rings (SSSR count). The second-order valence-corrected chi connectivity index (χ2v) is 6.65. The number of aliphatic carboxylic acids is 1. The van der Waals surface area contributed by atoms with Gasteiger partial charge in [0.15, 0.2) is 0 Å². The van der Waals surface area contributed by atoms with Crippen LogP contribution in [0.5, 0.6) is 11.6 Å². The summed E-state index contributed by atoms with van der Waals surface area (Å²) in [5, 5.41) is 8.71. The second kappa shape index (κ2) is 9.90. The third-order valence-electron chi connectivity index (χ3n) is 4.69. The van der Waals surface area contributed by atoms with Gasteiger partial charge in [0.1, 0.15) is 12.4 Å². The molecule has 148 valence electrons. The average molecular weight is 383 g/mol. The number of hydrogen-bond donors (Lipinski definition) is 1. The fourth-order valence-corrected chi connectivity index (χ4v) is 3.16. The molecule has 28 heavy (non-hydrogen) atoms. The molecule has 1 aliphatic rings. The van der Waals surface area contributed by atoms with E-state index in [9.17, 15) is 4.79 Å². The smallest absolute Gasteiger partial charge is 0.303 e. The first-order chi connectivity index (χ1) is 13.7. The van der Waals surface area contributed by atoms with Crippen LogP contribution in [-0.2, 0) is 16.0 Å². The van der Waals surface area contributed by atoms with Crippen LogP contribution >= 0.6 is 0 Å². The van der Waals surface area contributed by atoms with E-state index in [1.54, 1.807) is 7.11 Å². The van der Waals surface area contributed by atoms with Crippen molar-refractivity contribution in [1.29, 1.82) is 0 Å². The number of carbonyl (C=O) groups is 1. The number of aromatic nitrogens is 1. The van der Waals surface area contributed by atoms with Crippen LogP contribution < -0.4 is 9.47 Å². The van der Waals surface area contributed by atoms with Gasteiger partial charge >= 0.3 is 5.97 Å². The van der Waals surface area contributed by atoms with Gasteiger partial charge in [-0.05, 0) is 59.7 Å². The first kappa shape index (κ1) is 19.9. The summed E-state index contributed by atoms with van der Waals surface area (Å²) in [5.74, 6) is 0.621. The number of ether oxygens (including phenoxy) is 3. The Hall–Kier alpha value is -2.86. The highest BCUT2D eigenvalue weighted by Crippen LogP contribution is 2.27. The minimum atomic E-state index is -0.759. The van der Waals surface area contributed by atoms with Gasteiger partial charge in [-0.3, -0.25) is 4.79 Å².